The monoisotopic (exact) mass is 392 g/mol. The van der Waals surface area contributed by atoms with Crippen LogP contribution in [0.4, 0.5) is 5.69 Å². The van der Waals surface area contributed by atoms with E-state index in [1.165, 1.54) is 6.42 Å². The number of nitrogens with zero attached hydrogens (tertiary/aromatic N) is 2. The molecular weight excluding hydrogens is 368 g/mol. The van der Waals surface area contributed by atoms with Crippen molar-refractivity contribution < 1.29 is 8.95 Å². The quantitative estimate of drug-likeness (QED) is 0.531. The predicted octanol–water partition coefficient (Wildman–Crippen LogP) is 6.04. The molecule has 1 unspecified atom stereocenters. The molecule has 0 spiro atoms. The Hall–Kier alpha value is -2.63. The third-order valence-corrected chi connectivity index (χ3v) is 7.17. The van der Waals surface area contributed by atoms with E-state index < -0.39 is 9.92 Å². The second kappa shape index (κ2) is 8.59. The molecule has 1 aliphatic rings. The van der Waals surface area contributed by atoms with Gasteiger partial charge in [0.25, 0.3) is 0 Å². The van der Waals surface area contributed by atoms with Crippen LogP contribution in [0.15, 0.2) is 94.2 Å². The summed E-state index contributed by atoms with van der Waals surface area (Å²) >= 11 is 0. The topological polar surface area (TPSA) is 41.9 Å². The Morgan fingerprint density at radius 3 is 1.93 bits per heavy atom. The van der Waals surface area contributed by atoms with Crippen molar-refractivity contribution in [2.75, 3.05) is 13.1 Å². The van der Waals surface area contributed by atoms with Crippen molar-refractivity contribution in [1.29, 1.82) is 0 Å². The van der Waals surface area contributed by atoms with E-state index in [2.05, 4.69) is 0 Å². The molecule has 0 amide bonds. The van der Waals surface area contributed by atoms with Crippen molar-refractivity contribution in [3.8, 4) is 11.5 Å². The van der Waals surface area contributed by atoms with Gasteiger partial charge in [0, 0.05) is 13.1 Å². The lowest BCUT2D eigenvalue weighted by atomic mass is 10.2. The van der Waals surface area contributed by atoms with E-state index in [-0.39, 0.29) is 0 Å². The van der Waals surface area contributed by atoms with Gasteiger partial charge in [0.05, 0.1) is 10.6 Å². The van der Waals surface area contributed by atoms with Gasteiger partial charge in [0.15, 0.2) is 0 Å². The van der Waals surface area contributed by atoms with Crippen LogP contribution < -0.4 is 4.74 Å². The van der Waals surface area contributed by atoms with E-state index in [1.807, 2.05) is 89.2 Å². The smallest absolute Gasteiger partial charge is 0.144 e. The van der Waals surface area contributed by atoms with Gasteiger partial charge in [-0.3, -0.25) is 0 Å². The fraction of sp³-hybridized carbons (Fsp3) is 0.217. The molecule has 0 bridgehead atoms. The van der Waals surface area contributed by atoms with Gasteiger partial charge in [0.2, 0.25) is 0 Å². The summed E-state index contributed by atoms with van der Waals surface area (Å²) in [5.74, 6) is 1.52. The Morgan fingerprint density at radius 1 is 0.714 bits per heavy atom. The van der Waals surface area contributed by atoms with E-state index >= 15 is 0 Å². The maximum atomic E-state index is 14.0. The molecule has 1 saturated heterocycles. The highest BCUT2D eigenvalue weighted by Gasteiger charge is 2.24. The fourth-order valence-electron chi connectivity index (χ4n) is 3.31. The standard InChI is InChI=1S/C23H24N2O2S/c26-28(23-12-6-2-7-13-23,25-18-8-3-9-19-25)24-20-14-16-22(17-15-20)27-21-10-4-1-5-11-21/h1-2,4-7,10-17H,3,8-9,18-19H2. The van der Waals surface area contributed by atoms with E-state index in [1.54, 1.807) is 0 Å². The lowest BCUT2D eigenvalue weighted by Gasteiger charge is -2.29. The zero-order chi connectivity index (χ0) is 19.2. The molecule has 1 atom stereocenters. The van der Waals surface area contributed by atoms with E-state index in [0.717, 1.165) is 42.3 Å². The van der Waals surface area contributed by atoms with Crippen LogP contribution in [0.3, 0.4) is 0 Å². The molecule has 1 aliphatic heterocycles. The second-order valence-corrected chi connectivity index (χ2v) is 8.96. The minimum absolute atomic E-state index is 0.694. The molecule has 0 aromatic heterocycles. The summed E-state index contributed by atoms with van der Waals surface area (Å²) < 4.78 is 26.6. The average molecular weight is 393 g/mol. The van der Waals surface area contributed by atoms with Crippen molar-refractivity contribution in [2.24, 2.45) is 4.36 Å². The van der Waals surface area contributed by atoms with Gasteiger partial charge in [-0.1, -0.05) is 42.8 Å². The van der Waals surface area contributed by atoms with E-state index in [0.29, 0.717) is 5.69 Å². The van der Waals surface area contributed by atoms with Gasteiger partial charge in [-0.25, -0.2) is 8.51 Å². The highest BCUT2D eigenvalue weighted by molar-refractivity contribution is 7.91. The molecule has 0 saturated carbocycles. The largest absolute Gasteiger partial charge is 0.457 e. The van der Waals surface area contributed by atoms with Gasteiger partial charge < -0.3 is 4.74 Å². The highest BCUT2D eigenvalue weighted by Crippen LogP contribution is 2.29. The molecule has 0 aliphatic carbocycles. The molecule has 28 heavy (non-hydrogen) atoms. The molecule has 0 N–H and O–H groups in total. The van der Waals surface area contributed by atoms with Gasteiger partial charge in [0.1, 0.15) is 21.4 Å². The minimum Gasteiger partial charge on any atom is -0.457 e. The zero-order valence-corrected chi connectivity index (χ0v) is 16.6. The minimum atomic E-state index is -2.68. The molecule has 4 rings (SSSR count). The molecule has 4 nitrogen and oxygen atoms in total. The Morgan fingerprint density at radius 2 is 1.29 bits per heavy atom. The molecular formula is C23H24N2O2S. The zero-order valence-electron chi connectivity index (χ0n) is 15.7. The molecule has 3 aromatic rings. The number of ether oxygens (including phenoxy) is 1. The Labute approximate surface area is 167 Å². The number of hydrogen-bond donors (Lipinski definition) is 0. The Bertz CT molecular complexity index is 1010. The lowest BCUT2D eigenvalue weighted by Crippen LogP contribution is -2.35. The number of benzene rings is 3. The third-order valence-electron chi connectivity index (χ3n) is 4.76. The molecule has 1 fully saturated rings. The van der Waals surface area contributed by atoms with Gasteiger partial charge in [-0.05, 0) is 61.4 Å². The SMILES string of the molecule is O=S(=Nc1ccc(Oc2ccccc2)cc1)(c1ccccc1)N1CCCCC1. The second-order valence-electron chi connectivity index (χ2n) is 6.80. The van der Waals surface area contributed by atoms with Crippen LogP contribution >= 0.6 is 0 Å². The number of hydrogen-bond acceptors (Lipinski definition) is 3. The lowest BCUT2D eigenvalue weighted by molar-refractivity contribution is 0.362. The maximum Gasteiger partial charge on any atom is 0.144 e. The highest BCUT2D eigenvalue weighted by atomic mass is 32.2. The summed E-state index contributed by atoms with van der Waals surface area (Å²) in [7, 11) is -2.68. The van der Waals surface area contributed by atoms with Gasteiger partial charge >= 0.3 is 0 Å². The van der Waals surface area contributed by atoms with Gasteiger partial charge in [-0.15, -0.1) is 0 Å². The molecule has 144 valence electrons. The summed E-state index contributed by atoms with van der Waals surface area (Å²) in [4.78, 5) is 0.765. The van der Waals surface area contributed by atoms with Crippen LogP contribution in [0.25, 0.3) is 0 Å². The van der Waals surface area contributed by atoms with Crippen LogP contribution in [0.5, 0.6) is 11.5 Å². The summed E-state index contributed by atoms with van der Waals surface area (Å²) in [6.45, 7) is 1.62. The van der Waals surface area contributed by atoms with Gasteiger partial charge in [-0.2, -0.15) is 4.36 Å². The molecule has 5 heteroatoms. The molecule has 3 aromatic carbocycles. The summed E-state index contributed by atoms with van der Waals surface area (Å²) in [5.41, 5.74) is 0.694. The predicted molar refractivity (Wildman–Crippen MR) is 113 cm³/mol. The van der Waals surface area contributed by atoms with E-state index in [4.69, 9.17) is 9.10 Å². The molecule has 1 heterocycles. The summed E-state index contributed by atoms with van der Waals surface area (Å²) in [5, 5.41) is 0. The number of piperidine rings is 1. The van der Waals surface area contributed by atoms with Crippen molar-refractivity contribution in [2.45, 2.75) is 24.2 Å². The summed E-state index contributed by atoms with van der Waals surface area (Å²) in [6, 6.07) is 26.7. The average Bonchev–Trinajstić information content (AvgIpc) is 2.77. The normalized spacial score (nSPS) is 16.9. The van der Waals surface area contributed by atoms with Crippen molar-refractivity contribution in [1.82, 2.24) is 4.31 Å². The third kappa shape index (κ3) is 4.26. The van der Waals surface area contributed by atoms with Crippen molar-refractivity contribution >= 4 is 15.6 Å². The Kier molecular flexibility index (Phi) is 5.74. The number of para-hydroxylation sites is 1. The van der Waals surface area contributed by atoms with E-state index in [9.17, 15) is 4.21 Å². The maximum absolute atomic E-state index is 14.0. The first kappa shape index (κ1) is 18.7. The molecule has 0 radical (unpaired) electrons. The first-order valence-corrected chi connectivity index (χ1v) is 11.1. The van der Waals surface area contributed by atoms with Crippen LogP contribution in [-0.4, -0.2) is 21.6 Å². The van der Waals surface area contributed by atoms with Crippen LogP contribution in [0.2, 0.25) is 0 Å². The van der Waals surface area contributed by atoms with Crippen LogP contribution in [0.1, 0.15) is 19.3 Å². The van der Waals surface area contributed by atoms with Crippen LogP contribution in [0, 0.1) is 0 Å². The van der Waals surface area contributed by atoms with Crippen LogP contribution in [-0.2, 0) is 9.92 Å². The number of rotatable bonds is 5. The van der Waals surface area contributed by atoms with Crippen molar-refractivity contribution in [3.05, 3.63) is 84.9 Å². The van der Waals surface area contributed by atoms with Crippen molar-refractivity contribution in [3.63, 3.8) is 0 Å². The fourth-order valence-corrected chi connectivity index (χ4v) is 5.50. The first-order chi connectivity index (χ1) is 13.7. The summed E-state index contributed by atoms with van der Waals surface area (Å²) in [6.07, 6.45) is 3.30. The Balaban J connectivity index is 1.65. The first-order valence-electron chi connectivity index (χ1n) is 9.64.